The van der Waals surface area contributed by atoms with Crippen molar-refractivity contribution >= 4 is 17.3 Å². The molecule has 0 amide bonds. The van der Waals surface area contributed by atoms with Gasteiger partial charge in [0.05, 0.1) is 13.7 Å². The van der Waals surface area contributed by atoms with E-state index in [0.717, 1.165) is 33.3 Å². The Hall–Kier alpha value is -1.87. The summed E-state index contributed by atoms with van der Waals surface area (Å²) in [7, 11) is 1.65. The molecule has 0 aliphatic heterocycles. The molecule has 112 valence electrons. The number of rotatable bonds is 6. The fraction of sp³-hybridized carbons (Fsp3) is 0.294. The van der Waals surface area contributed by atoms with E-state index in [1.165, 1.54) is 0 Å². The lowest BCUT2D eigenvalue weighted by atomic mass is 10.1. The third kappa shape index (κ3) is 3.61. The lowest BCUT2D eigenvalue weighted by Gasteiger charge is -2.16. The van der Waals surface area contributed by atoms with Gasteiger partial charge in [-0.05, 0) is 37.6 Å². The molecule has 0 bridgehead atoms. The molecule has 0 aliphatic rings. The minimum Gasteiger partial charge on any atom is -0.493 e. The van der Waals surface area contributed by atoms with Gasteiger partial charge in [-0.3, -0.25) is 0 Å². The Morgan fingerprint density at radius 2 is 1.90 bits per heavy atom. The first-order valence-corrected chi connectivity index (χ1v) is 7.32. The highest BCUT2D eigenvalue weighted by Gasteiger charge is 2.10. The summed E-state index contributed by atoms with van der Waals surface area (Å²) in [5.74, 6) is 1.54. The Kier molecular flexibility index (Phi) is 5.34. The van der Waals surface area contributed by atoms with E-state index in [-0.39, 0.29) is 0 Å². The first-order chi connectivity index (χ1) is 10.2. The Morgan fingerprint density at radius 1 is 1.14 bits per heavy atom. The fourth-order valence-electron chi connectivity index (χ4n) is 2.16. The molecule has 4 heteroatoms. The van der Waals surface area contributed by atoms with E-state index in [1.54, 1.807) is 7.11 Å². The Balaban J connectivity index is 2.21. The van der Waals surface area contributed by atoms with Crippen LogP contribution in [0.25, 0.3) is 0 Å². The second-order valence-corrected chi connectivity index (χ2v) is 5.05. The number of hydrogen-bond donors (Lipinski definition) is 1. The molecule has 2 rings (SSSR count). The van der Waals surface area contributed by atoms with E-state index in [4.69, 9.17) is 21.1 Å². The van der Waals surface area contributed by atoms with Gasteiger partial charge in [0.1, 0.15) is 0 Å². The molecule has 0 unspecified atom stereocenters. The lowest BCUT2D eigenvalue weighted by Crippen LogP contribution is -2.05. The van der Waals surface area contributed by atoms with Crippen molar-refractivity contribution in [3.63, 3.8) is 0 Å². The number of para-hydroxylation sites is 1. The van der Waals surface area contributed by atoms with Gasteiger partial charge in [-0.25, -0.2) is 0 Å². The standard InChI is InChI=1S/C17H20ClNO2/c1-4-21-17-13(7-5-10-16(17)20-3)11-19-15-9-6-8-14(18)12(15)2/h5-10,19H,4,11H2,1-3H3. The predicted molar refractivity (Wildman–Crippen MR) is 87.7 cm³/mol. The normalized spacial score (nSPS) is 10.3. The number of ether oxygens (including phenoxy) is 2. The van der Waals surface area contributed by atoms with Crippen LogP contribution in [0.2, 0.25) is 5.02 Å². The van der Waals surface area contributed by atoms with E-state index in [1.807, 2.05) is 50.2 Å². The average Bonchev–Trinajstić information content (AvgIpc) is 2.50. The van der Waals surface area contributed by atoms with Crippen molar-refractivity contribution in [2.24, 2.45) is 0 Å². The Bertz CT molecular complexity index is 614. The Labute approximate surface area is 130 Å². The van der Waals surface area contributed by atoms with Gasteiger partial charge < -0.3 is 14.8 Å². The van der Waals surface area contributed by atoms with E-state index in [2.05, 4.69) is 5.32 Å². The number of methoxy groups -OCH3 is 1. The molecule has 0 aromatic heterocycles. The maximum absolute atomic E-state index is 6.14. The van der Waals surface area contributed by atoms with Crippen LogP contribution >= 0.6 is 11.6 Å². The van der Waals surface area contributed by atoms with E-state index >= 15 is 0 Å². The van der Waals surface area contributed by atoms with Crippen molar-refractivity contribution in [1.82, 2.24) is 0 Å². The smallest absolute Gasteiger partial charge is 0.166 e. The maximum atomic E-state index is 6.14. The van der Waals surface area contributed by atoms with Gasteiger partial charge in [0.2, 0.25) is 0 Å². The molecule has 0 heterocycles. The summed E-state index contributed by atoms with van der Waals surface area (Å²) >= 11 is 6.14. The van der Waals surface area contributed by atoms with Gasteiger partial charge in [-0.1, -0.05) is 29.8 Å². The summed E-state index contributed by atoms with van der Waals surface area (Å²) in [5.41, 5.74) is 3.11. The summed E-state index contributed by atoms with van der Waals surface area (Å²) in [5, 5.41) is 4.16. The SMILES string of the molecule is CCOc1c(CNc2cccc(Cl)c2C)cccc1OC. The second kappa shape index (κ2) is 7.23. The van der Waals surface area contributed by atoms with E-state index < -0.39 is 0 Å². The zero-order valence-electron chi connectivity index (χ0n) is 12.6. The molecule has 0 fully saturated rings. The van der Waals surface area contributed by atoms with Crippen molar-refractivity contribution in [3.8, 4) is 11.5 Å². The highest BCUT2D eigenvalue weighted by atomic mass is 35.5. The molecule has 1 N–H and O–H groups in total. The molecule has 0 spiro atoms. The van der Waals surface area contributed by atoms with Crippen molar-refractivity contribution in [1.29, 1.82) is 0 Å². The van der Waals surface area contributed by atoms with Gasteiger partial charge in [0.25, 0.3) is 0 Å². The summed E-state index contributed by atoms with van der Waals surface area (Å²) in [6.07, 6.45) is 0. The van der Waals surface area contributed by atoms with Crippen LogP contribution in [0.15, 0.2) is 36.4 Å². The van der Waals surface area contributed by atoms with Crippen molar-refractivity contribution in [3.05, 3.63) is 52.5 Å². The van der Waals surface area contributed by atoms with Gasteiger partial charge in [0.15, 0.2) is 11.5 Å². The third-order valence-electron chi connectivity index (χ3n) is 3.31. The van der Waals surface area contributed by atoms with Gasteiger partial charge in [-0.15, -0.1) is 0 Å². The summed E-state index contributed by atoms with van der Waals surface area (Å²) < 4.78 is 11.1. The summed E-state index contributed by atoms with van der Waals surface area (Å²) in [6.45, 7) is 5.21. The molecule has 0 aliphatic carbocycles. The number of halogens is 1. The lowest BCUT2D eigenvalue weighted by molar-refractivity contribution is 0.308. The van der Waals surface area contributed by atoms with Crippen LogP contribution in [0.5, 0.6) is 11.5 Å². The quantitative estimate of drug-likeness (QED) is 0.841. The van der Waals surface area contributed by atoms with Gasteiger partial charge in [0, 0.05) is 22.8 Å². The van der Waals surface area contributed by atoms with Crippen LogP contribution in [0.3, 0.4) is 0 Å². The molecule has 2 aromatic rings. The van der Waals surface area contributed by atoms with Crippen LogP contribution in [0.1, 0.15) is 18.1 Å². The molecule has 0 radical (unpaired) electrons. The van der Waals surface area contributed by atoms with E-state index in [0.29, 0.717) is 13.2 Å². The second-order valence-electron chi connectivity index (χ2n) is 4.65. The molecular weight excluding hydrogens is 286 g/mol. The Morgan fingerprint density at radius 3 is 2.62 bits per heavy atom. The molecule has 0 saturated carbocycles. The molecule has 0 atom stereocenters. The van der Waals surface area contributed by atoms with Crippen molar-refractivity contribution < 1.29 is 9.47 Å². The zero-order chi connectivity index (χ0) is 15.2. The zero-order valence-corrected chi connectivity index (χ0v) is 13.3. The number of nitrogens with one attached hydrogen (secondary N) is 1. The largest absolute Gasteiger partial charge is 0.493 e. The van der Waals surface area contributed by atoms with Crippen molar-refractivity contribution in [2.75, 3.05) is 19.0 Å². The molecule has 2 aromatic carbocycles. The van der Waals surface area contributed by atoms with Gasteiger partial charge >= 0.3 is 0 Å². The molecule has 3 nitrogen and oxygen atoms in total. The first-order valence-electron chi connectivity index (χ1n) is 6.95. The molecular formula is C17H20ClNO2. The minimum absolute atomic E-state index is 0.601. The first kappa shape index (κ1) is 15.5. The summed E-state index contributed by atoms with van der Waals surface area (Å²) in [4.78, 5) is 0. The minimum atomic E-state index is 0.601. The average molecular weight is 306 g/mol. The maximum Gasteiger partial charge on any atom is 0.166 e. The van der Waals surface area contributed by atoms with Crippen LogP contribution in [0, 0.1) is 6.92 Å². The topological polar surface area (TPSA) is 30.5 Å². The third-order valence-corrected chi connectivity index (χ3v) is 3.72. The highest BCUT2D eigenvalue weighted by Crippen LogP contribution is 2.32. The van der Waals surface area contributed by atoms with Crippen LogP contribution in [-0.4, -0.2) is 13.7 Å². The van der Waals surface area contributed by atoms with Gasteiger partial charge in [-0.2, -0.15) is 0 Å². The summed E-state index contributed by atoms with van der Waals surface area (Å²) in [6, 6.07) is 11.7. The predicted octanol–water partition coefficient (Wildman–Crippen LogP) is 4.67. The molecule has 0 saturated heterocycles. The highest BCUT2D eigenvalue weighted by molar-refractivity contribution is 6.31. The molecule has 21 heavy (non-hydrogen) atoms. The number of anilines is 1. The van der Waals surface area contributed by atoms with Crippen LogP contribution < -0.4 is 14.8 Å². The van der Waals surface area contributed by atoms with Crippen LogP contribution in [0.4, 0.5) is 5.69 Å². The number of hydrogen-bond acceptors (Lipinski definition) is 3. The van der Waals surface area contributed by atoms with Crippen molar-refractivity contribution in [2.45, 2.75) is 20.4 Å². The number of benzene rings is 2. The van der Waals surface area contributed by atoms with Crippen LogP contribution in [-0.2, 0) is 6.54 Å². The monoisotopic (exact) mass is 305 g/mol. The van der Waals surface area contributed by atoms with E-state index in [9.17, 15) is 0 Å². The fourth-order valence-corrected chi connectivity index (χ4v) is 2.33.